The van der Waals surface area contributed by atoms with Gasteiger partial charge >= 0.3 is 0 Å². The van der Waals surface area contributed by atoms with Crippen molar-refractivity contribution in [3.63, 3.8) is 0 Å². The summed E-state index contributed by atoms with van der Waals surface area (Å²) in [6, 6.07) is 45.7. The van der Waals surface area contributed by atoms with Gasteiger partial charge in [0.2, 0.25) is 11.4 Å². The van der Waals surface area contributed by atoms with Gasteiger partial charge in [-0.1, -0.05) is 78.9 Å². The average Bonchev–Trinajstić information content (AvgIpc) is 3.41. The van der Waals surface area contributed by atoms with Crippen LogP contribution in [0.4, 0.5) is 28.4 Å². The lowest BCUT2D eigenvalue weighted by atomic mass is 9.81. The Kier molecular flexibility index (Phi) is 10.8. The molecule has 0 amide bonds. The second-order valence-corrected chi connectivity index (χ2v) is 13.7. The van der Waals surface area contributed by atoms with Crippen LogP contribution in [-0.4, -0.2) is 34.7 Å². The third kappa shape index (κ3) is 6.72. The molecule has 0 saturated heterocycles. The van der Waals surface area contributed by atoms with Crippen LogP contribution in [0.3, 0.4) is 0 Å². The summed E-state index contributed by atoms with van der Waals surface area (Å²) in [7, 11) is 4.34. The summed E-state index contributed by atoms with van der Waals surface area (Å²) in [5.74, 6) is 0. The summed E-state index contributed by atoms with van der Waals surface area (Å²) < 4.78 is 4.64. The first-order valence-corrected chi connectivity index (χ1v) is 16.5. The molecule has 0 spiro atoms. The Morgan fingerprint density at radius 1 is 0.429 bits per heavy atom. The summed E-state index contributed by atoms with van der Waals surface area (Å²) >= 11 is 0. The van der Waals surface area contributed by atoms with Crippen molar-refractivity contribution in [1.29, 1.82) is 0 Å². The molecule has 0 aromatic heterocycles. The highest BCUT2D eigenvalue weighted by Gasteiger charge is 2.43. The van der Waals surface area contributed by atoms with Gasteiger partial charge in [-0.05, 0) is 87.4 Å². The minimum atomic E-state index is -0.0415. The van der Waals surface area contributed by atoms with Crippen LogP contribution in [0.1, 0.15) is 49.9 Å². The predicted molar refractivity (Wildman–Crippen MR) is 200 cm³/mol. The number of allylic oxidation sites excluding steroid dienone is 2. The maximum absolute atomic E-state index is 2.32. The number of benzene rings is 5. The van der Waals surface area contributed by atoms with Crippen LogP contribution < -0.4 is 52.9 Å². The Morgan fingerprint density at radius 3 is 1.16 bits per heavy atom. The van der Waals surface area contributed by atoms with Gasteiger partial charge in [0.15, 0.2) is 11.4 Å². The van der Waals surface area contributed by atoms with Crippen LogP contribution in [0, 0.1) is 0 Å². The first-order chi connectivity index (χ1) is 22.7. The zero-order valence-corrected chi connectivity index (χ0v) is 33.3. The molecule has 0 aliphatic carbocycles. The second-order valence-electron chi connectivity index (χ2n) is 13.7. The molecule has 2 heterocycles. The number of anilines is 3. The molecule has 5 heteroatoms. The molecular formula is C44H43I2N3. The number of halogens is 2. The highest BCUT2D eigenvalue weighted by Crippen LogP contribution is 2.41. The fourth-order valence-corrected chi connectivity index (χ4v) is 7.45. The van der Waals surface area contributed by atoms with Gasteiger partial charge in [0.1, 0.15) is 14.1 Å². The molecule has 0 atom stereocenters. The smallest absolute Gasteiger partial charge is 0.209 e. The SMILES string of the molecule is C[N+]1=C(/C=C/c2ccc(N(c3ccccc3)c3ccc(/C=C/C4=[N+](C)c5ccccc5C4(C)C)cc3)cc2)C(C)(C)c2ccccc21.[I-].[I-]. The molecule has 0 N–H and O–H groups in total. The Labute approximate surface area is 326 Å². The van der Waals surface area contributed by atoms with Crippen LogP contribution in [-0.2, 0) is 10.8 Å². The lowest BCUT2D eigenvalue weighted by Crippen LogP contribution is -3.00. The van der Waals surface area contributed by atoms with Crippen LogP contribution in [0.15, 0.2) is 140 Å². The van der Waals surface area contributed by atoms with Crippen LogP contribution in [0.25, 0.3) is 12.2 Å². The molecule has 0 fully saturated rings. The number of para-hydroxylation sites is 3. The van der Waals surface area contributed by atoms with Gasteiger partial charge in [0, 0.05) is 52.5 Å². The fraction of sp³-hybridized carbons (Fsp3) is 0.182. The number of hydrogen-bond acceptors (Lipinski definition) is 1. The van der Waals surface area contributed by atoms with Gasteiger partial charge in [-0.3, -0.25) is 0 Å². The highest BCUT2D eigenvalue weighted by molar-refractivity contribution is 6.06. The predicted octanol–water partition coefficient (Wildman–Crippen LogP) is 4.60. The second kappa shape index (κ2) is 14.6. The molecule has 5 aromatic carbocycles. The van der Waals surface area contributed by atoms with Crippen molar-refractivity contribution in [2.75, 3.05) is 19.0 Å². The molecular weight excluding hydrogens is 824 g/mol. The summed E-state index contributed by atoms with van der Waals surface area (Å²) in [5, 5.41) is 0. The Morgan fingerprint density at radius 2 is 0.776 bits per heavy atom. The van der Waals surface area contributed by atoms with E-state index in [4.69, 9.17) is 0 Å². The maximum Gasteiger partial charge on any atom is 0.209 e. The van der Waals surface area contributed by atoms with Crippen molar-refractivity contribution < 1.29 is 57.1 Å². The summed E-state index contributed by atoms with van der Waals surface area (Å²) in [6.45, 7) is 9.23. The number of rotatable bonds is 7. The number of hydrogen-bond donors (Lipinski definition) is 0. The normalized spacial score (nSPS) is 15.6. The molecule has 0 bridgehead atoms. The minimum absolute atomic E-state index is 0. The Hall–Kier alpha value is -3.82. The Balaban J connectivity index is 0.00000234. The van der Waals surface area contributed by atoms with Gasteiger partial charge < -0.3 is 52.9 Å². The molecule has 2 aliphatic heterocycles. The van der Waals surface area contributed by atoms with Gasteiger partial charge in [-0.2, -0.15) is 9.15 Å². The molecule has 5 aromatic rings. The van der Waals surface area contributed by atoms with E-state index in [0.717, 1.165) is 17.1 Å². The Bertz CT molecular complexity index is 1950. The summed E-state index contributed by atoms with van der Waals surface area (Å²) in [4.78, 5) is 2.32. The van der Waals surface area contributed by atoms with Crippen molar-refractivity contribution in [1.82, 2.24) is 0 Å². The van der Waals surface area contributed by atoms with Crippen molar-refractivity contribution in [3.8, 4) is 0 Å². The lowest BCUT2D eigenvalue weighted by molar-refractivity contribution is -0.401. The van der Waals surface area contributed by atoms with E-state index in [2.05, 4.69) is 208 Å². The lowest BCUT2D eigenvalue weighted by Gasteiger charge is -2.25. The monoisotopic (exact) mass is 867 g/mol. The first kappa shape index (κ1) is 36.5. The van der Waals surface area contributed by atoms with E-state index in [1.54, 1.807) is 0 Å². The molecule has 3 nitrogen and oxygen atoms in total. The van der Waals surface area contributed by atoms with E-state index in [9.17, 15) is 0 Å². The molecule has 2 aliphatic rings. The molecule has 49 heavy (non-hydrogen) atoms. The highest BCUT2D eigenvalue weighted by atomic mass is 127. The van der Waals surface area contributed by atoms with Crippen LogP contribution in [0.5, 0.6) is 0 Å². The van der Waals surface area contributed by atoms with Gasteiger partial charge in [-0.25, -0.2) is 0 Å². The van der Waals surface area contributed by atoms with E-state index in [1.807, 2.05) is 0 Å². The fourth-order valence-electron chi connectivity index (χ4n) is 7.45. The molecule has 0 saturated carbocycles. The largest absolute Gasteiger partial charge is 1.00 e. The summed E-state index contributed by atoms with van der Waals surface area (Å²) in [6.07, 6.45) is 9.02. The third-order valence-electron chi connectivity index (χ3n) is 10.1. The van der Waals surface area contributed by atoms with Crippen molar-refractivity contribution in [3.05, 3.63) is 162 Å². The van der Waals surface area contributed by atoms with Gasteiger partial charge in [-0.15, -0.1) is 0 Å². The van der Waals surface area contributed by atoms with E-state index in [1.165, 1.54) is 45.1 Å². The van der Waals surface area contributed by atoms with Crippen LogP contribution in [0.2, 0.25) is 0 Å². The van der Waals surface area contributed by atoms with E-state index in [-0.39, 0.29) is 58.8 Å². The minimum Gasteiger partial charge on any atom is -1.00 e. The maximum atomic E-state index is 2.32. The molecule has 0 radical (unpaired) electrons. The quantitative estimate of drug-likeness (QED) is 0.172. The van der Waals surface area contributed by atoms with Crippen molar-refractivity contribution in [2.45, 2.75) is 38.5 Å². The number of nitrogens with zero attached hydrogens (tertiary/aromatic N) is 3. The average molecular weight is 868 g/mol. The molecule has 0 unspecified atom stereocenters. The van der Waals surface area contributed by atoms with Gasteiger partial charge in [0.05, 0.1) is 10.8 Å². The van der Waals surface area contributed by atoms with Crippen LogP contribution >= 0.6 is 0 Å². The topological polar surface area (TPSA) is 9.26 Å². The van der Waals surface area contributed by atoms with Crippen molar-refractivity contribution >= 4 is 52.0 Å². The first-order valence-electron chi connectivity index (χ1n) is 16.5. The zero-order chi connectivity index (χ0) is 32.8. The standard InChI is InChI=1S/C44H43N3.2HI/c1-43(2)37-16-10-12-18-39(37)45(5)41(43)30-24-32-20-26-35(27-21-32)47(34-14-8-7-9-15-34)36-28-22-33(23-29-36)25-31-42-44(3,4)38-17-11-13-19-40(38)46(42)6;;/h7-31H,1-6H3;2*1H/q+2;;/p-2. The van der Waals surface area contributed by atoms with Gasteiger partial charge in [0.25, 0.3) is 0 Å². The molecule has 248 valence electrons. The zero-order valence-electron chi connectivity index (χ0n) is 29.0. The number of fused-ring (bicyclic) bond motifs is 2. The van der Waals surface area contributed by atoms with Crippen molar-refractivity contribution in [2.24, 2.45) is 0 Å². The molecule has 7 rings (SSSR count). The van der Waals surface area contributed by atoms with E-state index in [0.29, 0.717) is 0 Å². The van der Waals surface area contributed by atoms with E-state index >= 15 is 0 Å². The summed E-state index contributed by atoms with van der Waals surface area (Å²) in [5.41, 5.74) is 13.6. The van der Waals surface area contributed by atoms with E-state index < -0.39 is 0 Å². The third-order valence-corrected chi connectivity index (χ3v) is 10.1.